The van der Waals surface area contributed by atoms with E-state index in [4.69, 9.17) is 10.7 Å². The summed E-state index contributed by atoms with van der Waals surface area (Å²) >= 11 is 0. The van der Waals surface area contributed by atoms with Crippen molar-refractivity contribution in [3.8, 4) is 0 Å². The van der Waals surface area contributed by atoms with Gasteiger partial charge in [-0.1, -0.05) is 18.2 Å². The lowest BCUT2D eigenvalue weighted by Crippen LogP contribution is -2.38. The first kappa shape index (κ1) is 15.3. The molecule has 0 radical (unpaired) electrons. The topological polar surface area (TPSA) is 97.1 Å². The highest BCUT2D eigenvalue weighted by Crippen LogP contribution is 2.32. The molecule has 120 valence electrons. The van der Waals surface area contributed by atoms with Gasteiger partial charge in [0.25, 0.3) is 0 Å². The third kappa shape index (κ3) is 3.26. The van der Waals surface area contributed by atoms with Gasteiger partial charge in [0.1, 0.15) is 0 Å². The molecule has 4 N–H and O–H groups in total. The van der Waals surface area contributed by atoms with Crippen molar-refractivity contribution in [1.82, 2.24) is 10.3 Å². The van der Waals surface area contributed by atoms with Crippen molar-refractivity contribution in [3.63, 3.8) is 0 Å². The summed E-state index contributed by atoms with van der Waals surface area (Å²) in [5.41, 5.74) is 9.43. The number of para-hydroxylation sites is 1. The van der Waals surface area contributed by atoms with Crippen LogP contribution in [0.2, 0.25) is 0 Å². The second-order valence-corrected chi connectivity index (χ2v) is 5.68. The molecule has 0 atom stereocenters. The number of carbonyl (C=O) groups excluding carboxylic acids is 2. The summed E-state index contributed by atoms with van der Waals surface area (Å²) in [6, 6.07) is 8.06. The average Bonchev–Trinajstić information content (AvgIpc) is 2.57. The number of aromatic nitrogens is 1. The zero-order valence-electron chi connectivity index (χ0n) is 12.9. The molecule has 2 aromatic rings. The van der Waals surface area contributed by atoms with Gasteiger partial charge in [0, 0.05) is 29.9 Å². The Kier molecular flexibility index (Phi) is 4.41. The summed E-state index contributed by atoms with van der Waals surface area (Å²) in [4.78, 5) is 26.7. The van der Waals surface area contributed by atoms with Crippen molar-refractivity contribution < 1.29 is 9.59 Å². The monoisotopic (exact) mass is 312 g/mol. The molecule has 0 unspecified atom stereocenters. The minimum absolute atomic E-state index is 0.340. The zero-order chi connectivity index (χ0) is 16.2. The van der Waals surface area contributed by atoms with Gasteiger partial charge < -0.3 is 16.4 Å². The van der Waals surface area contributed by atoms with Crippen LogP contribution in [0.15, 0.2) is 24.3 Å². The Bertz CT molecular complexity index is 758. The molecule has 1 aliphatic carbocycles. The van der Waals surface area contributed by atoms with Crippen LogP contribution in [0.1, 0.15) is 24.1 Å². The molecule has 6 heteroatoms. The molecule has 2 amide bonds. The maximum Gasteiger partial charge on any atom is 0.309 e. The molecular formula is C17H20N4O2. The van der Waals surface area contributed by atoms with Gasteiger partial charge in [-0.15, -0.1) is 0 Å². The minimum Gasteiger partial charge on any atom is -0.382 e. The van der Waals surface area contributed by atoms with Crippen molar-refractivity contribution in [1.29, 1.82) is 0 Å². The van der Waals surface area contributed by atoms with Gasteiger partial charge in [-0.05, 0) is 37.3 Å². The van der Waals surface area contributed by atoms with Crippen LogP contribution in [-0.4, -0.2) is 29.9 Å². The van der Waals surface area contributed by atoms with Gasteiger partial charge in [0.05, 0.1) is 5.52 Å². The van der Waals surface area contributed by atoms with Crippen LogP contribution in [0, 0.1) is 0 Å². The van der Waals surface area contributed by atoms with E-state index in [1.807, 2.05) is 18.2 Å². The number of anilines is 1. The summed E-state index contributed by atoms with van der Waals surface area (Å²) in [5, 5.41) is 6.98. The number of pyridine rings is 1. The predicted octanol–water partition coefficient (Wildman–Crippen LogP) is 1.13. The van der Waals surface area contributed by atoms with E-state index in [-0.39, 0.29) is 0 Å². The van der Waals surface area contributed by atoms with E-state index in [2.05, 4.69) is 16.7 Å². The second kappa shape index (κ2) is 6.64. The summed E-state index contributed by atoms with van der Waals surface area (Å²) < 4.78 is 0. The fraction of sp³-hybridized carbons (Fsp3) is 0.353. The maximum atomic E-state index is 11.2. The SMILES string of the molecule is NC(=O)C(=O)NCCNc1c2c(nc3ccccc13)CCCC2. The summed E-state index contributed by atoms with van der Waals surface area (Å²) in [7, 11) is 0. The highest BCUT2D eigenvalue weighted by molar-refractivity contribution is 6.34. The normalized spacial score (nSPS) is 13.4. The average molecular weight is 312 g/mol. The Morgan fingerprint density at radius 1 is 1.13 bits per heavy atom. The number of carbonyl (C=O) groups is 2. The molecule has 0 aliphatic heterocycles. The van der Waals surface area contributed by atoms with Crippen molar-refractivity contribution in [2.45, 2.75) is 25.7 Å². The van der Waals surface area contributed by atoms with Crippen molar-refractivity contribution in [2.24, 2.45) is 5.73 Å². The minimum atomic E-state index is -0.961. The molecule has 1 heterocycles. The maximum absolute atomic E-state index is 11.2. The lowest BCUT2D eigenvalue weighted by molar-refractivity contribution is -0.137. The number of aryl methyl sites for hydroxylation is 1. The Hall–Kier alpha value is -2.63. The number of rotatable bonds is 4. The van der Waals surface area contributed by atoms with Crippen molar-refractivity contribution >= 4 is 28.4 Å². The number of benzene rings is 1. The zero-order valence-corrected chi connectivity index (χ0v) is 12.9. The Balaban J connectivity index is 1.81. The van der Waals surface area contributed by atoms with Crippen LogP contribution in [-0.2, 0) is 22.4 Å². The van der Waals surface area contributed by atoms with Crippen LogP contribution in [0.4, 0.5) is 5.69 Å². The van der Waals surface area contributed by atoms with Gasteiger partial charge >= 0.3 is 11.8 Å². The molecule has 6 nitrogen and oxygen atoms in total. The molecule has 0 bridgehead atoms. The number of primary amides is 1. The molecule has 1 aromatic carbocycles. The van der Waals surface area contributed by atoms with E-state index >= 15 is 0 Å². The first-order chi connectivity index (χ1) is 11.2. The number of nitrogens with one attached hydrogen (secondary N) is 2. The molecule has 0 fully saturated rings. The largest absolute Gasteiger partial charge is 0.382 e. The van der Waals surface area contributed by atoms with Crippen LogP contribution < -0.4 is 16.4 Å². The third-order valence-corrected chi connectivity index (χ3v) is 4.11. The third-order valence-electron chi connectivity index (χ3n) is 4.11. The molecule has 0 spiro atoms. The van der Waals surface area contributed by atoms with Gasteiger partial charge in [0.2, 0.25) is 0 Å². The van der Waals surface area contributed by atoms with Crippen molar-refractivity contribution in [2.75, 3.05) is 18.4 Å². The first-order valence-electron chi connectivity index (χ1n) is 7.89. The highest BCUT2D eigenvalue weighted by atomic mass is 16.2. The first-order valence-corrected chi connectivity index (χ1v) is 7.89. The number of hydrogen-bond acceptors (Lipinski definition) is 4. The molecule has 1 aliphatic rings. The highest BCUT2D eigenvalue weighted by Gasteiger charge is 2.17. The molecule has 23 heavy (non-hydrogen) atoms. The number of nitrogens with zero attached hydrogens (tertiary/aromatic N) is 1. The number of nitrogens with two attached hydrogens (primary N) is 1. The summed E-state index contributed by atoms with van der Waals surface area (Å²) in [6.07, 6.45) is 4.36. The fourth-order valence-electron chi connectivity index (χ4n) is 3.03. The Morgan fingerprint density at radius 2 is 1.91 bits per heavy atom. The van der Waals surface area contributed by atoms with E-state index in [9.17, 15) is 9.59 Å². The molecule has 3 rings (SSSR count). The molecule has 0 saturated heterocycles. The van der Waals surface area contributed by atoms with Gasteiger partial charge in [0.15, 0.2) is 0 Å². The second-order valence-electron chi connectivity index (χ2n) is 5.68. The summed E-state index contributed by atoms with van der Waals surface area (Å²) in [6.45, 7) is 0.868. The quantitative estimate of drug-likeness (QED) is 0.582. The lowest BCUT2D eigenvalue weighted by atomic mass is 9.92. The fourth-order valence-corrected chi connectivity index (χ4v) is 3.03. The number of amides is 2. The molecule has 1 aromatic heterocycles. The van der Waals surface area contributed by atoms with Crippen molar-refractivity contribution in [3.05, 3.63) is 35.5 Å². The van der Waals surface area contributed by atoms with Crippen LogP contribution >= 0.6 is 0 Å². The number of hydrogen-bond donors (Lipinski definition) is 3. The van der Waals surface area contributed by atoms with E-state index < -0.39 is 11.8 Å². The molecular weight excluding hydrogens is 292 g/mol. The predicted molar refractivity (Wildman–Crippen MR) is 89.1 cm³/mol. The smallest absolute Gasteiger partial charge is 0.309 e. The Morgan fingerprint density at radius 3 is 2.74 bits per heavy atom. The standard InChI is InChI=1S/C17H20N4O2/c18-16(22)17(23)20-10-9-19-15-11-5-1-3-7-13(11)21-14-8-4-2-6-12(14)15/h1,3,5,7H,2,4,6,8-10H2,(H2,18,22)(H,19,21)(H,20,23). The molecule has 0 saturated carbocycles. The van der Waals surface area contributed by atoms with Gasteiger partial charge in [-0.2, -0.15) is 0 Å². The summed E-state index contributed by atoms with van der Waals surface area (Å²) in [5.74, 6) is -1.72. The van der Waals surface area contributed by atoms with E-state index in [1.165, 1.54) is 24.1 Å². The van der Waals surface area contributed by atoms with Crippen LogP contribution in [0.25, 0.3) is 10.9 Å². The lowest BCUT2D eigenvalue weighted by Gasteiger charge is -2.21. The van der Waals surface area contributed by atoms with Crippen LogP contribution in [0.3, 0.4) is 0 Å². The van der Waals surface area contributed by atoms with Crippen LogP contribution in [0.5, 0.6) is 0 Å². The van der Waals surface area contributed by atoms with E-state index in [0.717, 1.165) is 29.4 Å². The Labute approximate surface area is 134 Å². The van der Waals surface area contributed by atoms with E-state index in [0.29, 0.717) is 13.1 Å². The number of fused-ring (bicyclic) bond motifs is 2. The van der Waals surface area contributed by atoms with Gasteiger partial charge in [-0.25, -0.2) is 0 Å². The van der Waals surface area contributed by atoms with Gasteiger partial charge in [-0.3, -0.25) is 14.6 Å². The van der Waals surface area contributed by atoms with E-state index in [1.54, 1.807) is 0 Å².